The maximum Gasteiger partial charge on any atom is 0.312 e. The summed E-state index contributed by atoms with van der Waals surface area (Å²) in [7, 11) is 0. The van der Waals surface area contributed by atoms with Crippen molar-refractivity contribution >= 4 is 59.1 Å². The summed E-state index contributed by atoms with van der Waals surface area (Å²) in [5.41, 5.74) is 6.22. The molecule has 0 spiro atoms. The molecule has 1 aliphatic heterocycles. The second-order valence-electron chi connectivity index (χ2n) is 14.3. The van der Waals surface area contributed by atoms with Crippen molar-refractivity contribution in [3.05, 3.63) is 29.8 Å². The van der Waals surface area contributed by atoms with Crippen LogP contribution in [0, 0.1) is 30.1 Å². The van der Waals surface area contributed by atoms with Crippen LogP contribution in [0.25, 0.3) is 0 Å². The third-order valence-electron chi connectivity index (χ3n) is 8.95. The van der Waals surface area contributed by atoms with Gasteiger partial charge >= 0.3 is 18.0 Å². The first-order valence-electron chi connectivity index (χ1n) is 18.9. The van der Waals surface area contributed by atoms with Crippen molar-refractivity contribution in [1.82, 2.24) is 26.2 Å². The Hall–Kier alpha value is -5.99. The standard InChI is InChI=1S/C39H55N7O11/c1-6-26-21-31(48)46(37(26)54)20-9-7-8-12-30(47)43-29(17-18-32(49)50)35(52)45-33(23(2)3)36(53)44-28(11-10-19-41-39(40)56)34(51)42-27-15-13-25(14-16-27)22-57-38(55)24(4)5/h1,13-16,23-24,26,28-29,33H,7-12,17-22H2,2-5H3,(H,42,51)(H,43,47)(H,44,53)(H,45,52)(H,49,50)(H3,40,41,56)/t26?,28-,29-,33-/m0/s1. The minimum atomic E-state index is -1.31. The van der Waals surface area contributed by atoms with Crippen LogP contribution in [0.2, 0.25) is 0 Å². The van der Waals surface area contributed by atoms with Gasteiger partial charge < -0.3 is 42.2 Å². The highest BCUT2D eigenvalue weighted by atomic mass is 16.5. The molecule has 18 nitrogen and oxygen atoms in total. The quantitative estimate of drug-likeness (QED) is 0.0339. The Morgan fingerprint density at radius 2 is 1.54 bits per heavy atom. The van der Waals surface area contributed by atoms with Crippen LogP contribution >= 0.6 is 0 Å². The summed E-state index contributed by atoms with van der Waals surface area (Å²) >= 11 is 0. The molecule has 1 aliphatic rings. The Balaban J connectivity index is 2.07. The van der Waals surface area contributed by atoms with Gasteiger partial charge in [-0.25, -0.2) is 4.79 Å². The number of carbonyl (C=O) groups excluding carboxylic acids is 8. The molecule has 0 radical (unpaired) electrons. The highest BCUT2D eigenvalue weighted by Crippen LogP contribution is 2.20. The number of likely N-dealkylation sites (tertiary alicyclic amines) is 1. The van der Waals surface area contributed by atoms with Gasteiger partial charge in [-0.15, -0.1) is 6.42 Å². The largest absolute Gasteiger partial charge is 0.481 e. The number of anilines is 1. The molecule has 0 saturated carbocycles. The lowest BCUT2D eigenvalue weighted by Gasteiger charge is -2.27. The van der Waals surface area contributed by atoms with E-state index in [1.165, 1.54) is 0 Å². The molecule has 1 unspecified atom stereocenters. The molecule has 1 aromatic carbocycles. The van der Waals surface area contributed by atoms with E-state index in [4.69, 9.17) is 16.9 Å². The molecule has 18 heteroatoms. The van der Waals surface area contributed by atoms with E-state index in [2.05, 4.69) is 32.5 Å². The third-order valence-corrected chi connectivity index (χ3v) is 8.95. The maximum absolute atomic E-state index is 13.7. The number of imide groups is 1. The molecule has 0 aliphatic carbocycles. The van der Waals surface area contributed by atoms with Crippen LogP contribution in [0.1, 0.15) is 91.0 Å². The van der Waals surface area contributed by atoms with Gasteiger partial charge in [0.25, 0.3) is 0 Å². The lowest BCUT2D eigenvalue weighted by atomic mass is 10.0. The Bertz CT molecular complexity index is 1660. The van der Waals surface area contributed by atoms with Crippen LogP contribution < -0.4 is 32.3 Å². The fraction of sp³-hybridized carbons (Fsp3) is 0.564. The minimum Gasteiger partial charge on any atom is -0.481 e. The van der Waals surface area contributed by atoms with Crippen molar-refractivity contribution in [3.63, 3.8) is 0 Å². The van der Waals surface area contributed by atoms with Crippen LogP contribution in [0.4, 0.5) is 10.5 Å². The fourth-order valence-corrected chi connectivity index (χ4v) is 5.66. The number of nitrogens with zero attached hydrogens (tertiary/aromatic N) is 1. The van der Waals surface area contributed by atoms with Crippen molar-refractivity contribution in [2.24, 2.45) is 23.5 Å². The number of carboxylic acids is 1. The second kappa shape index (κ2) is 23.8. The Morgan fingerprint density at radius 3 is 2.12 bits per heavy atom. The summed E-state index contributed by atoms with van der Waals surface area (Å²) in [4.78, 5) is 113. The number of urea groups is 1. The summed E-state index contributed by atoms with van der Waals surface area (Å²) in [6.07, 6.45) is 6.07. The van der Waals surface area contributed by atoms with Gasteiger partial charge in [0.1, 0.15) is 30.7 Å². The highest BCUT2D eigenvalue weighted by molar-refractivity contribution is 6.05. The summed E-state index contributed by atoms with van der Waals surface area (Å²) in [6.45, 7) is 7.05. The number of carbonyl (C=O) groups is 9. The predicted octanol–water partition coefficient (Wildman–Crippen LogP) is 1.32. The minimum absolute atomic E-state index is 0.0281. The van der Waals surface area contributed by atoms with Gasteiger partial charge in [0.05, 0.1) is 5.92 Å². The molecule has 2 rings (SSSR count). The SMILES string of the molecule is C#CC1CC(=O)N(CCCCCC(=O)N[C@@H](CCC(=O)O)C(=O)N[C@H](C(=O)N[C@@H](CCCNC(N)=O)C(=O)Nc2ccc(COC(=O)C(C)C)cc2)C(C)C)C1=O. The molecule has 312 valence electrons. The zero-order chi connectivity index (χ0) is 42.7. The molecule has 0 bridgehead atoms. The molecule has 4 atom stereocenters. The first-order valence-corrected chi connectivity index (χ1v) is 18.9. The second-order valence-corrected chi connectivity index (χ2v) is 14.3. The van der Waals surface area contributed by atoms with E-state index in [0.717, 1.165) is 4.90 Å². The molecule has 1 saturated heterocycles. The summed E-state index contributed by atoms with van der Waals surface area (Å²) in [5.74, 6) is -4.27. The van der Waals surface area contributed by atoms with Crippen LogP contribution in [0.3, 0.4) is 0 Å². The lowest BCUT2D eigenvalue weighted by molar-refractivity contribution is -0.148. The number of unbranched alkanes of at least 4 members (excludes halogenated alkanes) is 2. The number of rotatable bonds is 24. The summed E-state index contributed by atoms with van der Waals surface area (Å²) < 4.78 is 5.23. The van der Waals surface area contributed by atoms with Crippen LogP contribution in [-0.2, 0) is 49.7 Å². The van der Waals surface area contributed by atoms with Crippen molar-refractivity contribution in [2.75, 3.05) is 18.4 Å². The van der Waals surface area contributed by atoms with Crippen LogP contribution in [0.15, 0.2) is 24.3 Å². The zero-order valence-corrected chi connectivity index (χ0v) is 32.9. The zero-order valence-electron chi connectivity index (χ0n) is 32.9. The first kappa shape index (κ1) is 47.2. The number of nitrogens with two attached hydrogens (primary N) is 1. The van der Waals surface area contributed by atoms with Gasteiger partial charge in [0.2, 0.25) is 35.4 Å². The normalized spacial score (nSPS) is 15.2. The third kappa shape index (κ3) is 16.7. The van der Waals surface area contributed by atoms with Crippen LogP contribution in [-0.4, -0.2) is 94.6 Å². The van der Waals surface area contributed by atoms with E-state index >= 15 is 0 Å². The number of hydrogen-bond acceptors (Lipinski definition) is 10. The number of ether oxygens (including phenoxy) is 1. The molecule has 1 fully saturated rings. The molecule has 8 amide bonds. The van der Waals surface area contributed by atoms with Gasteiger partial charge in [0, 0.05) is 38.0 Å². The highest BCUT2D eigenvalue weighted by Gasteiger charge is 2.37. The molecular weight excluding hydrogens is 742 g/mol. The van der Waals surface area contributed by atoms with Crippen molar-refractivity contribution < 1.29 is 53.0 Å². The first-order chi connectivity index (χ1) is 26.9. The van der Waals surface area contributed by atoms with Crippen molar-refractivity contribution in [2.45, 2.75) is 110 Å². The van der Waals surface area contributed by atoms with Crippen molar-refractivity contribution in [3.8, 4) is 12.3 Å². The van der Waals surface area contributed by atoms with Crippen molar-refractivity contribution in [1.29, 1.82) is 0 Å². The van der Waals surface area contributed by atoms with E-state index in [1.54, 1.807) is 52.0 Å². The van der Waals surface area contributed by atoms with E-state index < -0.39 is 77.9 Å². The Labute approximate surface area is 332 Å². The molecule has 57 heavy (non-hydrogen) atoms. The van der Waals surface area contributed by atoms with E-state index in [9.17, 15) is 48.3 Å². The number of aliphatic carboxylic acids is 1. The number of terminal acetylenes is 1. The Morgan fingerprint density at radius 1 is 0.877 bits per heavy atom. The molecule has 1 heterocycles. The molecule has 8 N–H and O–H groups in total. The van der Waals surface area contributed by atoms with Gasteiger partial charge in [-0.1, -0.05) is 52.2 Å². The predicted molar refractivity (Wildman–Crippen MR) is 206 cm³/mol. The van der Waals surface area contributed by atoms with Gasteiger partial charge in [-0.2, -0.15) is 0 Å². The number of nitrogens with one attached hydrogen (secondary N) is 5. The lowest BCUT2D eigenvalue weighted by Crippen LogP contribution is -2.57. The molecule has 1 aromatic rings. The van der Waals surface area contributed by atoms with Gasteiger partial charge in [-0.3, -0.25) is 43.3 Å². The summed E-state index contributed by atoms with van der Waals surface area (Å²) in [5, 5.41) is 22.2. The number of amides is 8. The van der Waals surface area contributed by atoms with Crippen LogP contribution in [0.5, 0.6) is 0 Å². The topological polar surface area (TPSA) is 272 Å². The van der Waals surface area contributed by atoms with E-state index in [0.29, 0.717) is 30.5 Å². The fourth-order valence-electron chi connectivity index (χ4n) is 5.66. The number of primary amides is 1. The smallest absolute Gasteiger partial charge is 0.312 e. The number of benzene rings is 1. The number of hydrogen-bond donors (Lipinski definition) is 7. The number of esters is 1. The molecule has 0 aromatic heterocycles. The molecular formula is C39H55N7O11. The van der Waals surface area contributed by atoms with E-state index in [-0.39, 0.29) is 69.6 Å². The summed E-state index contributed by atoms with van der Waals surface area (Å²) in [6, 6.07) is 2.10. The van der Waals surface area contributed by atoms with E-state index in [1.807, 2.05) is 0 Å². The number of carboxylic acid groups (broad SMARTS) is 1. The monoisotopic (exact) mass is 797 g/mol. The Kier molecular flexibility index (Phi) is 19.7. The average Bonchev–Trinajstić information content (AvgIpc) is 3.43. The maximum atomic E-state index is 13.7. The van der Waals surface area contributed by atoms with Gasteiger partial charge in [-0.05, 0) is 55.7 Å². The van der Waals surface area contributed by atoms with Gasteiger partial charge in [0.15, 0.2) is 0 Å². The average molecular weight is 798 g/mol.